The van der Waals surface area contributed by atoms with E-state index in [9.17, 15) is 19.2 Å². The predicted molar refractivity (Wildman–Crippen MR) is 97.3 cm³/mol. The number of likely N-dealkylation sites (tertiary alicyclic amines) is 1. The molecule has 1 aliphatic rings. The van der Waals surface area contributed by atoms with Gasteiger partial charge in [0.05, 0.1) is 37.0 Å². The number of unbranched alkanes of at least 4 members (excludes halogenated alkanes) is 1. The van der Waals surface area contributed by atoms with Crippen LogP contribution in [-0.2, 0) is 19.1 Å². The lowest BCUT2D eigenvalue weighted by atomic mass is 10.1. The molecule has 8 nitrogen and oxygen atoms in total. The van der Waals surface area contributed by atoms with Gasteiger partial charge in [0.2, 0.25) is 11.8 Å². The van der Waals surface area contributed by atoms with Crippen LogP contribution in [-0.4, -0.2) is 56.0 Å². The molecule has 1 atom stereocenters. The standard InChI is InChI=1S/C19H24N2O6/c1-4-5-8-21-11-13(10-16(21)22)17(23)20-15-9-12(18(24)26-2)6-7-14(15)19(25)27-3/h6-7,9,13H,4-5,8,10-11H2,1-3H3,(H,20,23)/t13-/m0/s1. The fraction of sp³-hybridized carbons (Fsp3) is 0.474. The van der Waals surface area contributed by atoms with Gasteiger partial charge in [0.1, 0.15) is 0 Å². The van der Waals surface area contributed by atoms with E-state index in [-0.39, 0.29) is 35.0 Å². The summed E-state index contributed by atoms with van der Waals surface area (Å²) >= 11 is 0. The zero-order valence-electron chi connectivity index (χ0n) is 15.7. The molecular formula is C19H24N2O6. The normalized spacial score (nSPS) is 16.2. The number of rotatable bonds is 7. The van der Waals surface area contributed by atoms with Crippen molar-refractivity contribution in [1.29, 1.82) is 0 Å². The van der Waals surface area contributed by atoms with Gasteiger partial charge in [-0.05, 0) is 24.6 Å². The second-order valence-electron chi connectivity index (χ2n) is 6.33. The molecule has 1 N–H and O–H groups in total. The number of anilines is 1. The number of benzene rings is 1. The molecule has 0 radical (unpaired) electrons. The second kappa shape index (κ2) is 9.16. The lowest BCUT2D eigenvalue weighted by Crippen LogP contribution is -2.29. The van der Waals surface area contributed by atoms with Gasteiger partial charge in [-0.1, -0.05) is 13.3 Å². The van der Waals surface area contributed by atoms with Gasteiger partial charge >= 0.3 is 11.9 Å². The Bertz CT molecular complexity index is 746. The third kappa shape index (κ3) is 4.84. The molecule has 1 heterocycles. The van der Waals surface area contributed by atoms with Crippen molar-refractivity contribution in [2.75, 3.05) is 32.6 Å². The summed E-state index contributed by atoms with van der Waals surface area (Å²) in [6.07, 6.45) is 1.97. The molecule has 0 aliphatic carbocycles. The summed E-state index contributed by atoms with van der Waals surface area (Å²) in [6, 6.07) is 4.17. The minimum atomic E-state index is -0.645. The maximum Gasteiger partial charge on any atom is 0.339 e. The molecule has 2 rings (SSSR count). The Labute approximate surface area is 157 Å². The van der Waals surface area contributed by atoms with Crippen LogP contribution in [0, 0.1) is 5.92 Å². The third-order valence-corrected chi connectivity index (χ3v) is 4.47. The van der Waals surface area contributed by atoms with E-state index in [1.165, 1.54) is 32.4 Å². The molecule has 8 heteroatoms. The molecule has 0 saturated carbocycles. The fourth-order valence-electron chi connectivity index (χ4n) is 2.93. The Morgan fingerprint density at radius 2 is 1.89 bits per heavy atom. The number of nitrogens with zero attached hydrogens (tertiary/aromatic N) is 1. The first-order chi connectivity index (χ1) is 12.9. The average molecular weight is 376 g/mol. The topological polar surface area (TPSA) is 102 Å². The van der Waals surface area contributed by atoms with Gasteiger partial charge in [-0.3, -0.25) is 9.59 Å². The molecule has 1 saturated heterocycles. The van der Waals surface area contributed by atoms with Crippen LogP contribution in [0.4, 0.5) is 5.69 Å². The van der Waals surface area contributed by atoms with Crippen molar-refractivity contribution in [3.63, 3.8) is 0 Å². The van der Waals surface area contributed by atoms with Crippen LogP contribution in [0.25, 0.3) is 0 Å². The molecule has 0 unspecified atom stereocenters. The average Bonchev–Trinajstić information content (AvgIpc) is 3.05. The lowest BCUT2D eigenvalue weighted by Gasteiger charge is -2.16. The summed E-state index contributed by atoms with van der Waals surface area (Å²) in [5.74, 6) is -2.19. The molecule has 0 aromatic heterocycles. The molecule has 146 valence electrons. The van der Waals surface area contributed by atoms with Crippen LogP contribution in [0.2, 0.25) is 0 Å². The van der Waals surface area contributed by atoms with Gasteiger partial charge in [-0.15, -0.1) is 0 Å². The van der Waals surface area contributed by atoms with Crippen LogP contribution in [0.3, 0.4) is 0 Å². The van der Waals surface area contributed by atoms with Gasteiger partial charge in [-0.25, -0.2) is 9.59 Å². The molecule has 1 aromatic rings. The van der Waals surface area contributed by atoms with E-state index in [1.807, 2.05) is 6.92 Å². The number of hydrogen-bond donors (Lipinski definition) is 1. The van der Waals surface area contributed by atoms with Crippen LogP contribution >= 0.6 is 0 Å². The van der Waals surface area contributed by atoms with Crippen molar-refractivity contribution in [1.82, 2.24) is 4.90 Å². The Morgan fingerprint density at radius 1 is 1.19 bits per heavy atom. The van der Waals surface area contributed by atoms with Crippen molar-refractivity contribution in [3.05, 3.63) is 29.3 Å². The van der Waals surface area contributed by atoms with E-state index >= 15 is 0 Å². The minimum Gasteiger partial charge on any atom is -0.465 e. The van der Waals surface area contributed by atoms with E-state index < -0.39 is 17.9 Å². The Balaban J connectivity index is 2.19. The molecule has 1 fully saturated rings. The Hall–Kier alpha value is -2.90. The van der Waals surface area contributed by atoms with Crippen molar-refractivity contribution < 1.29 is 28.7 Å². The lowest BCUT2D eigenvalue weighted by molar-refractivity contribution is -0.128. The highest BCUT2D eigenvalue weighted by Gasteiger charge is 2.34. The summed E-state index contributed by atoms with van der Waals surface area (Å²) in [6.45, 7) is 3.01. The summed E-state index contributed by atoms with van der Waals surface area (Å²) < 4.78 is 9.39. The highest BCUT2D eigenvalue weighted by Crippen LogP contribution is 2.24. The van der Waals surface area contributed by atoms with Crippen molar-refractivity contribution >= 4 is 29.4 Å². The molecular weight excluding hydrogens is 352 g/mol. The third-order valence-electron chi connectivity index (χ3n) is 4.47. The minimum absolute atomic E-state index is 0.0555. The van der Waals surface area contributed by atoms with Crippen molar-refractivity contribution in [2.45, 2.75) is 26.2 Å². The highest BCUT2D eigenvalue weighted by molar-refractivity contribution is 6.05. The molecule has 0 bridgehead atoms. The zero-order chi connectivity index (χ0) is 20.0. The SMILES string of the molecule is CCCCN1C[C@@H](C(=O)Nc2cc(C(=O)OC)ccc2C(=O)OC)CC1=O. The molecule has 1 aromatic carbocycles. The first kappa shape index (κ1) is 20.4. The summed E-state index contributed by atoms with van der Waals surface area (Å²) in [7, 11) is 2.47. The quantitative estimate of drug-likeness (QED) is 0.729. The van der Waals surface area contributed by atoms with Gasteiger partial charge in [0.15, 0.2) is 0 Å². The smallest absolute Gasteiger partial charge is 0.339 e. The van der Waals surface area contributed by atoms with Crippen LogP contribution in [0.15, 0.2) is 18.2 Å². The summed E-state index contributed by atoms with van der Waals surface area (Å²) in [5.41, 5.74) is 0.451. The Kier molecular flexibility index (Phi) is 6.92. The van der Waals surface area contributed by atoms with E-state index in [0.29, 0.717) is 13.1 Å². The van der Waals surface area contributed by atoms with Crippen molar-refractivity contribution in [2.24, 2.45) is 5.92 Å². The van der Waals surface area contributed by atoms with Crippen molar-refractivity contribution in [3.8, 4) is 0 Å². The number of nitrogens with one attached hydrogen (secondary N) is 1. The predicted octanol–water partition coefficient (Wildman–Crippen LogP) is 1.85. The highest BCUT2D eigenvalue weighted by atomic mass is 16.5. The second-order valence-corrected chi connectivity index (χ2v) is 6.33. The summed E-state index contributed by atoms with van der Waals surface area (Å²) in [4.78, 5) is 50.1. The van der Waals surface area contributed by atoms with Gasteiger partial charge < -0.3 is 19.7 Å². The monoisotopic (exact) mass is 376 g/mol. The molecule has 1 aliphatic heterocycles. The maximum atomic E-state index is 12.6. The number of methoxy groups -OCH3 is 2. The number of amides is 2. The maximum absolute atomic E-state index is 12.6. The molecule has 2 amide bonds. The fourth-order valence-corrected chi connectivity index (χ4v) is 2.93. The van der Waals surface area contributed by atoms with E-state index in [4.69, 9.17) is 4.74 Å². The Morgan fingerprint density at radius 3 is 2.52 bits per heavy atom. The zero-order valence-corrected chi connectivity index (χ0v) is 15.7. The van der Waals surface area contributed by atoms with E-state index in [1.54, 1.807) is 4.90 Å². The first-order valence-electron chi connectivity index (χ1n) is 8.80. The number of hydrogen-bond acceptors (Lipinski definition) is 6. The van der Waals surface area contributed by atoms with Gasteiger partial charge in [-0.2, -0.15) is 0 Å². The van der Waals surface area contributed by atoms with Crippen LogP contribution in [0.5, 0.6) is 0 Å². The molecule has 27 heavy (non-hydrogen) atoms. The van der Waals surface area contributed by atoms with Crippen LogP contribution < -0.4 is 5.32 Å². The van der Waals surface area contributed by atoms with E-state index in [0.717, 1.165) is 12.8 Å². The van der Waals surface area contributed by atoms with Gasteiger partial charge in [0, 0.05) is 19.5 Å². The van der Waals surface area contributed by atoms with Gasteiger partial charge in [0.25, 0.3) is 0 Å². The van der Waals surface area contributed by atoms with E-state index in [2.05, 4.69) is 10.1 Å². The first-order valence-corrected chi connectivity index (χ1v) is 8.80. The molecule has 0 spiro atoms. The number of carbonyl (C=O) groups is 4. The number of esters is 2. The largest absolute Gasteiger partial charge is 0.465 e. The summed E-state index contributed by atoms with van der Waals surface area (Å²) in [5, 5.41) is 2.66. The van der Waals surface area contributed by atoms with Crippen LogP contribution in [0.1, 0.15) is 46.9 Å². The number of ether oxygens (including phenoxy) is 2. The number of carbonyl (C=O) groups excluding carboxylic acids is 4.